The Labute approximate surface area is 111 Å². The summed E-state index contributed by atoms with van der Waals surface area (Å²) in [6.45, 7) is 1.64. The molecule has 0 radical (unpaired) electrons. The van der Waals surface area contributed by atoms with Gasteiger partial charge in [-0.1, -0.05) is 15.9 Å². The maximum Gasteiger partial charge on any atom is 0.123 e. The molecule has 1 fully saturated rings. The molecule has 1 aliphatic carbocycles. The maximum atomic E-state index is 5.85. The molecule has 0 saturated heterocycles. The Kier molecular flexibility index (Phi) is 4.42. The number of halogens is 1. The minimum atomic E-state index is 0.169. The zero-order valence-corrected chi connectivity index (χ0v) is 11.7. The fourth-order valence-corrected chi connectivity index (χ4v) is 2.31. The van der Waals surface area contributed by atoms with Crippen LogP contribution in [-0.2, 0) is 0 Å². The van der Waals surface area contributed by atoms with Gasteiger partial charge < -0.3 is 15.8 Å². The fourth-order valence-electron chi connectivity index (χ4n) is 1.93. The Bertz CT molecular complexity index is 380. The van der Waals surface area contributed by atoms with E-state index in [4.69, 9.17) is 10.5 Å². The van der Waals surface area contributed by atoms with Crippen LogP contribution in [0.3, 0.4) is 0 Å². The van der Waals surface area contributed by atoms with Crippen molar-refractivity contribution in [3.8, 4) is 5.75 Å². The fraction of sp³-hybridized carbons (Fsp3) is 0.538. The molecule has 1 aromatic carbocycles. The smallest absolute Gasteiger partial charge is 0.123 e. The summed E-state index contributed by atoms with van der Waals surface area (Å²) >= 11 is 3.49. The lowest BCUT2D eigenvalue weighted by Gasteiger charge is -2.20. The van der Waals surface area contributed by atoms with Gasteiger partial charge in [0.2, 0.25) is 0 Å². The molecule has 0 heterocycles. The quantitative estimate of drug-likeness (QED) is 0.848. The van der Waals surface area contributed by atoms with E-state index >= 15 is 0 Å². The van der Waals surface area contributed by atoms with Crippen molar-refractivity contribution in [2.24, 2.45) is 11.7 Å². The molecule has 4 heteroatoms. The third-order valence-electron chi connectivity index (χ3n) is 3.15. The number of ether oxygens (including phenoxy) is 1. The molecule has 1 unspecified atom stereocenters. The van der Waals surface area contributed by atoms with Crippen molar-refractivity contribution in [3.63, 3.8) is 0 Å². The van der Waals surface area contributed by atoms with E-state index in [0.717, 1.165) is 28.2 Å². The molecular weight excluding hydrogens is 280 g/mol. The summed E-state index contributed by atoms with van der Waals surface area (Å²) in [4.78, 5) is 0. The van der Waals surface area contributed by atoms with E-state index in [1.54, 1.807) is 7.11 Å². The lowest BCUT2D eigenvalue weighted by molar-refractivity contribution is 0.398. The van der Waals surface area contributed by atoms with Crippen LogP contribution in [0.2, 0.25) is 0 Å². The lowest BCUT2D eigenvalue weighted by atomic mass is 10.1. The molecule has 0 amide bonds. The Morgan fingerprint density at radius 3 is 2.88 bits per heavy atom. The maximum absolute atomic E-state index is 5.85. The summed E-state index contributed by atoms with van der Waals surface area (Å²) in [5, 5.41) is 3.52. The monoisotopic (exact) mass is 298 g/mol. The van der Waals surface area contributed by atoms with Crippen LogP contribution in [0.25, 0.3) is 0 Å². The van der Waals surface area contributed by atoms with Crippen LogP contribution in [0.5, 0.6) is 5.75 Å². The van der Waals surface area contributed by atoms with Gasteiger partial charge in [-0.05, 0) is 43.5 Å². The summed E-state index contributed by atoms with van der Waals surface area (Å²) in [7, 11) is 1.70. The molecule has 1 aromatic rings. The molecule has 3 nitrogen and oxygen atoms in total. The second-order valence-electron chi connectivity index (χ2n) is 4.53. The zero-order valence-electron chi connectivity index (χ0n) is 10.1. The normalized spacial score (nSPS) is 16.9. The van der Waals surface area contributed by atoms with Gasteiger partial charge >= 0.3 is 0 Å². The van der Waals surface area contributed by atoms with Crippen LogP contribution in [0.1, 0.15) is 24.4 Å². The van der Waals surface area contributed by atoms with Crippen LogP contribution < -0.4 is 15.8 Å². The summed E-state index contributed by atoms with van der Waals surface area (Å²) in [6, 6.07) is 6.21. The van der Waals surface area contributed by atoms with Gasteiger partial charge in [0.15, 0.2) is 0 Å². The summed E-state index contributed by atoms with van der Waals surface area (Å²) in [5.41, 5.74) is 6.98. The average molecular weight is 299 g/mol. The first kappa shape index (κ1) is 12.9. The molecule has 1 aliphatic rings. The minimum absolute atomic E-state index is 0.169. The third-order valence-corrected chi connectivity index (χ3v) is 3.65. The van der Waals surface area contributed by atoms with Crippen LogP contribution in [0.4, 0.5) is 0 Å². The van der Waals surface area contributed by atoms with Crippen molar-refractivity contribution in [1.82, 2.24) is 5.32 Å². The molecule has 1 saturated carbocycles. The predicted molar refractivity (Wildman–Crippen MR) is 73.2 cm³/mol. The number of hydrogen-bond acceptors (Lipinski definition) is 3. The number of nitrogens with two attached hydrogens (primary N) is 1. The number of rotatable bonds is 6. The van der Waals surface area contributed by atoms with Gasteiger partial charge in [-0.2, -0.15) is 0 Å². The van der Waals surface area contributed by atoms with Crippen LogP contribution in [-0.4, -0.2) is 20.2 Å². The molecule has 1 atom stereocenters. The second kappa shape index (κ2) is 5.85. The topological polar surface area (TPSA) is 47.3 Å². The highest BCUT2D eigenvalue weighted by Gasteiger charge is 2.23. The molecule has 2 rings (SSSR count). The largest absolute Gasteiger partial charge is 0.496 e. The van der Waals surface area contributed by atoms with Crippen LogP contribution in [0, 0.1) is 5.92 Å². The van der Waals surface area contributed by atoms with E-state index in [1.165, 1.54) is 12.8 Å². The minimum Gasteiger partial charge on any atom is -0.496 e. The van der Waals surface area contributed by atoms with Crippen molar-refractivity contribution in [1.29, 1.82) is 0 Å². The number of nitrogens with one attached hydrogen (secondary N) is 1. The van der Waals surface area contributed by atoms with Gasteiger partial charge in [0.25, 0.3) is 0 Å². The molecule has 0 aliphatic heterocycles. The van der Waals surface area contributed by atoms with Gasteiger partial charge in [-0.25, -0.2) is 0 Å². The molecule has 0 aromatic heterocycles. The van der Waals surface area contributed by atoms with Crippen molar-refractivity contribution in [2.45, 2.75) is 18.9 Å². The van der Waals surface area contributed by atoms with E-state index in [-0.39, 0.29) is 6.04 Å². The van der Waals surface area contributed by atoms with Crippen molar-refractivity contribution < 1.29 is 4.74 Å². The zero-order chi connectivity index (χ0) is 12.3. The van der Waals surface area contributed by atoms with E-state index in [1.807, 2.05) is 12.1 Å². The predicted octanol–water partition coefficient (Wildman–Crippen LogP) is 2.46. The Balaban J connectivity index is 2.12. The first-order chi connectivity index (χ1) is 8.24. The highest BCUT2D eigenvalue weighted by atomic mass is 79.9. The average Bonchev–Trinajstić information content (AvgIpc) is 3.14. The molecule has 94 valence electrons. The third kappa shape index (κ3) is 3.44. The summed E-state index contributed by atoms with van der Waals surface area (Å²) in [6.07, 6.45) is 2.69. The van der Waals surface area contributed by atoms with E-state index in [0.29, 0.717) is 6.54 Å². The number of hydrogen-bond donors (Lipinski definition) is 2. The molecular formula is C13H19BrN2O. The second-order valence-corrected chi connectivity index (χ2v) is 5.44. The van der Waals surface area contributed by atoms with E-state index in [2.05, 4.69) is 27.3 Å². The van der Waals surface area contributed by atoms with Gasteiger partial charge in [0.05, 0.1) is 7.11 Å². The van der Waals surface area contributed by atoms with Crippen molar-refractivity contribution >= 4 is 15.9 Å². The van der Waals surface area contributed by atoms with E-state index in [9.17, 15) is 0 Å². The van der Waals surface area contributed by atoms with Crippen LogP contribution in [0.15, 0.2) is 22.7 Å². The molecule has 3 N–H and O–H groups in total. The van der Waals surface area contributed by atoms with Crippen molar-refractivity contribution in [2.75, 3.05) is 20.2 Å². The Morgan fingerprint density at radius 2 is 2.29 bits per heavy atom. The van der Waals surface area contributed by atoms with Crippen LogP contribution >= 0.6 is 15.9 Å². The number of benzene rings is 1. The highest BCUT2D eigenvalue weighted by molar-refractivity contribution is 9.10. The Morgan fingerprint density at radius 1 is 1.53 bits per heavy atom. The standard InChI is InChI=1S/C13H19BrN2O/c1-17-13-5-4-10(14)6-11(13)12(7-15)16-8-9-2-3-9/h4-6,9,12,16H,2-3,7-8,15H2,1H3. The van der Waals surface area contributed by atoms with Gasteiger partial charge in [-0.3, -0.25) is 0 Å². The lowest BCUT2D eigenvalue weighted by Crippen LogP contribution is -2.30. The van der Waals surface area contributed by atoms with Gasteiger partial charge in [0.1, 0.15) is 5.75 Å². The van der Waals surface area contributed by atoms with Gasteiger partial charge in [0, 0.05) is 22.6 Å². The number of methoxy groups -OCH3 is 1. The first-order valence-corrected chi connectivity index (χ1v) is 6.80. The van der Waals surface area contributed by atoms with Crippen molar-refractivity contribution in [3.05, 3.63) is 28.2 Å². The highest BCUT2D eigenvalue weighted by Crippen LogP contribution is 2.31. The summed E-state index contributed by atoms with van der Waals surface area (Å²) in [5.74, 6) is 1.74. The van der Waals surface area contributed by atoms with Gasteiger partial charge in [-0.15, -0.1) is 0 Å². The summed E-state index contributed by atoms with van der Waals surface area (Å²) < 4.78 is 6.44. The molecule has 17 heavy (non-hydrogen) atoms. The SMILES string of the molecule is COc1ccc(Br)cc1C(CN)NCC1CC1. The molecule has 0 bridgehead atoms. The van der Waals surface area contributed by atoms with E-state index < -0.39 is 0 Å². The molecule has 0 spiro atoms. The Hall–Kier alpha value is -0.580. The first-order valence-electron chi connectivity index (χ1n) is 6.01.